The third kappa shape index (κ3) is 2.24. The zero-order chi connectivity index (χ0) is 10.9. The molecule has 82 valence electrons. The number of hydrogen-bond acceptors (Lipinski definition) is 3. The number of aliphatic hydroxyl groups is 1. The second kappa shape index (κ2) is 4.23. The van der Waals surface area contributed by atoms with Gasteiger partial charge in [0.2, 0.25) is 0 Å². The van der Waals surface area contributed by atoms with E-state index < -0.39 is 0 Å². The van der Waals surface area contributed by atoms with E-state index in [-0.39, 0.29) is 18.1 Å². The normalized spacial score (nSPS) is 18.3. The Morgan fingerprint density at radius 2 is 2.33 bits per heavy atom. The van der Waals surface area contributed by atoms with Gasteiger partial charge in [-0.15, -0.1) is 11.3 Å². The molecular weight excluding hydrogens is 278 g/mol. The number of amides is 1. The van der Waals surface area contributed by atoms with Gasteiger partial charge in [-0.2, -0.15) is 0 Å². The molecule has 5 heteroatoms. The van der Waals surface area contributed by atoms with Crippen molar-refractivity contribution in [3.63, 3.8) is 0 Å². The van der Waals surface area contributed by atoms with Crippen molar-refractivity contribution in [1.82, 2.24) is 5.32 Å². The fraction of sp³-hybridized carbons (Fsp3) is 0.500. The summed E-state index contributed by atoms with van der Waals surface area (Å²) in [5, 5.41) is 12.1. The lowest BCUT2D eigenvalue weighted by molar-refractivity contribution is 0.0645. The third-order valence-electron chi connectivity index (χ3n) is 2.79. The standard InChI is InChI=1S/C10H12BrNO2S/c11-8-3-2-7(15-8)9(14)12-10(6-13)4-1-5-10/h2-3,13H,1,4-6H2,(H,12,14). The smallest absolute Gasteiger partial charge is 0.261 e. The van der Waals surface area contributed by atoms with Crippen molar-refractivity contribution in [3.05, 3.63) is 20.8 Å². The molecule has 1 fully saturated rings. The van der Waals surface area contributed by atoms with E-state index in [4.69, 9.17) is 0 Å². The van der Waals surface area contributed by atoms with Crippen LogP contribution in [0.2, 0.25) is 0 Å². The van der Waals surface area contributed by atoms with E-state index in [0.717, 1.165) is 23.0 Å². The van der Waals surface area contributed by atoms with Crippen molar-refractivity contribution in [3.8, 4) is 0 Å². The van der Waals surface area contributed by atoms with E-state index >= 15 is 0 Å². The van der Waals surface area contributed by atoms with E-state index in [1.165, 1.54) is 11.3 Å². The summed E-state index contributed by atoms with van der Waals surface area (Å²) in [4.78, 5) is 12.5. The Morgan fingerprint density at radius 3 is 2.73 bits per heavy atom. The lowest BCUT2D eigenvalue weighted by Gasteiger charge is -2.40. The Labute approximate surface area is 101 Å². The van der Waals surface area contributed by atoms with Gasteiger partial charge < -0.3 is 10.4 Å². The quantitative estimate of drug-likeness (QED) is 0.896. The topological polar surface area (TPSA) is 49.3 Å². The second-order valence-corrected chi connectivity index (χ2v) is 6.31. The predicted molar refractivity (Wildman–Crippen MR) is 63.2 cm³/mol. The molecule has 1 aliphatic carbocycles. The second-order valence-electron chi connectivity index (χ2n) is 3.85. The lowest BCUT2D eigenvalue weighted by Crippen LogP contribution is -2.56. The van der Waals surface area contributed by atoms with Crippen LogP contribution >= 0.6 is 27.3 Å². The molecule has 0 spiro atoms. The molecule has 0 bridgehead atoms. The van der Waals surface area contributed by atoms with Crippen LogP contribution in [0.4, 0.5) is 0 Å². The molecule has 3 nitrogen and oxygen atoms in total. The first-order valence-corrected chi connectivity index (χ1v) is 6.45. The first kappa shape index (κ1) is 11.1. The monoisotopic (exact) mass is 289 g/mol. The van der Waals surface area contributed by atoms with Gasteiger partial charge in [0, 0.05) is 0 Å². The summed E-state index contributed by atoms with van der Waals surface area (Å²) in [7, 11) is 0. The molecule has 0 saturated heterocycles. The molecule has 1 saturated carbocycles. The molecule has 1 heterocycles. The van der Waals surface area contributed by atoms with Crippen LogP contribution in [0.25, 0.3) is 0 Å². The molecule has 1 aliphatic rings. The summed E-state index contributed by atoms with van der Waals surface area (Å²) in [5.41, 5.74) is -0.354. The molecular formula is C10H12BrNO2S. The van der Waals surface area contributed by atoms with Crippen LogP contribution in [0.5, 0.6) is 0 Å². The molecule has 15 heavy (non-hydrogen) atoms. The molecule has 0 atom stereocenters. The van der Waals surface area contributed by atoms with E-state index in [1.54, 1.807) is 6.07 Å². The number of thiophene rings is 1. The van der Waals surface area contributed by atoms with Gasteiger partial charge in [0.25, 0.3) is 5.91 Å². The van der Waals surface area contributed by atoms with Crippen molar-refractivity contribution in [1.29, 1.82) is 0 Å². The van der Waals surface area contributed by atoms with Crippen molar-refractivity contribution >= 4 is 33.2 Å². The van der Waals surface area contributed by atoms with Gasteiger partial charge in [-0.25, -0.2) is 0 Å². The number of nitrogens with one attached hydrogen (secondary N) is 1. The molecule has 0 aliphatic heterocycles. The van der Waals surface area contributed by atoms with E-state index in [2.05, 4.69) is 21.2 Å². The van der Waals surface area contributed by atoms with Crippen LogP contribution in [0.3, 0.4) is 0 Å². The zero-order valence-electron chi connectivity index (χ0n) is 8.12. The Kier molecular flexibility index (Phi) is 3.13. The lowest BCUT2D eigenvalue weighted by atomic mass is 9.77. The average Bonchev–Trinajstić information content (AvgIpc) is 2.58. The summed E-state index contributed by atoms with van der Waals surface area (Å²) < 4.78 is 0.944. The van der Waals surface area contributed by atoms with Crippen LogP contribution in [0.15, 0.2) is 15.9 Å². The SMILES string of the molecule is O=C(NC1(CO)CCC1)c1ccc(Br)s1. The van der Waals surface area contributed by atoms with Crippen molar-refractivity contribution < 1.29 is 9.90 Å². The first-order chi connectivity index (χ1) is 7.15. The highest BCUT2D eigenvalue weighted by molar-refractivity contribution is 9.11. The summed E-state index contributed by atoms with van der Waals surface area (Å²) >= 11 is 4.72. The fourth-order valence-corrected chi connectivity index (χ4v) is 2.95. The molecule has 0 radical (unpaired) electrons. The van der Waals surface area contributed by atoms with Crippen LogP contribution in [0.1, 0.15) is 28.9 Å². The van der Waals surface area contributed by atoms with Crippen molar-refractivity contribution in [2.75, 3.05) is 6.61 Å². The molecule has 1 amide bonds. The largest absolute Gasteiger partial charge is 0.394 e. The molecule has 1 aromatic rings. The minimum atomic E-state index is -0.354. The van der Waals surface area contributed by atoms with Crippen LogP contribution in [-0.2, 0) is 0 Å². The highest BCUT2D eigenvalue weighted by atomic mass is 79.9. The molecule has 1 aromatic heterocycles. The Balaban J connectivity index is 2.03. The van der Waals surface area contributed by atoms with Crippen LogP contribution < -0.4 is 5.32 Å². The maximum Gasteiger partial charge on any atom is 0.261 e. The molecule has 0 unspecified atom stereocenters. The van der Waals surface area contributed by atoms with Crippen LogP contribution in [-0.4, -0.2) is 23.2 Å². The fourth-order valence-electron chi connectivity index (χ4n) is 1.66. The van der Waals surface area contributed by atoms with Gasteiger partial charge in [0.15, 0.2) is 0 Å². The molecule has 2 N–H and O–H groups in total. The Morgan fingerprint density at radius 1 is 1.60 bits per heavy atom. The van der Waals surface area contributed by atoms with Gasteiger partial charge in [-0.1, -0.05) is 0 Å². The number of carbonyl (C=O) groups excluding carboxylic acids is 1. The number of aliphatic hydroxyl groups excluding tert-OH is 1. The maximum absolute atomic E-state index is 11.8. The predicted octanol–water partition coefficient (Wildman–Crippen LogP) is 2.16. The Bertz CT molecular complexity index is 368. The first-order valence-electron chi connectivity index (χ1n) is 4.84. The molecule has 0 aromatic carbocycles. The summed E-state index contributed by atoms with van der Waals surface area (Å²) in [6.07, 6.45) is 2.83. The minimum absolute atomic E-state index is 0.0330. The Hall–Kier alpha value is -0.390. The van der Waals surface area contributed by atoms with Gasteiger partial charge in [0.1, 0.15) is 0 Å². The zero-order valence-corrected chi connectivity index (χ0v) is 10.5. The van der Waals surface area contributed by atoms with E-state index in [1.807, 2.05) is 6.07 Å². The third-order valence-corrected chi connectivity index (χ3v) is 4.41. The van der Waals surface area contributed by atoms with E-state index in [0.29, 0.717) is 4.88 Å². The van der Waals surface area contributed by atoms with Gasteiger partial charge in [0.05, 0.1) is 20.8 Å². The summed E-state index contributed by atoms with van der Waals surface area (Å²) in [6, 6.07) is 3.64. The summed E-state index contributed by atoms with van der Waals surface area (Å²) in [6.45, 7) is 0.0330. The highest BCUT2D eigenvalue weighted by Gasteiger charge is 2.37. The van der Waals surface area contributed by atoms with Crippen LogP contribution in [0, 0.1) is 0 Å². The number of carbonyl (C=O) groups is 1. The summed E-state index contributed by atoms with van der Waals surface area (Å²) in [5.74, 6) is -0.0838. The number of rotatable bonds is 3. The number of halogens is 1. The van der Waals surface area contributed by atoms with Gasteiger partial charge in [-0.05, 0) is 47.3 Å². The van der Waals surface area contributed by atoms with E-state index in [9.17, 15) is 9.90 Å². The number of hydrogen-bond donors (Lipinski definition) is 2. The minimum Gasteiger partial charge on any atom is -0.394 e. The van der Waals surface area contributed by atoms with Crippen molar-refractivity contribution in [2.24, 2.45) is 0 Å². The van der Waals surface area contributed by atoms with Crippen molar-refractivity contribution in [2.45, 2.75) is 24.8 Å². The molecule has 2 rings (SSSR count). The van der Waals surface area contributed by atoms with Gasteiger partial charge >= 0.3 is 0 Å². The maximum atomic E-state index is 11.8. The van der Waals surface area contributed by atoms with Gasteiger partial charge in [-0.3, -0.25) is 4.79 Å². The highest BCUT2D eigenvalue weighted by Crippen LogP contribution is 2.32. The average molecular weight is 290 g/mol.